The van der Waals surface area contributed by atoms with Gasteiger partial charge in [0.15, 0.2) is 5.82 Å². The number of hydrogen-bond acceptors (Lipinski definition) is 5. The van der Waals surface area contributed by atoms with Crippen LogP contribution in [0.5, 0.6) is 0 Å². The van der Waals surface area contributed by atoms with Gasteiger partial charge in [-0.25, -0.2) is 0 Å². The van der Waals surface area contributed by atoms with Crippen molar-refractivity contribution < 1.29 is 9.63 Å². The molecule has 0 spiro atoms. The van der Waals surface area contributed by atoms with Gasteiger partial charge in [0.25, 0.3) is 0 Å². The van der Waals surface area contributed by atoms with Crippen molar-refractivity contribution in [3.8, 4) is 0 Å². The summed E-state index contributed by atoms with van der Waals surface area (Å²) in [6.07, 6.45) is 1.14. The van der Waals surface area contributed by atoms with Gasteiger partial charge < -0.3 is 15.4 Å². The first kappa shape index (κ1) is 10.1. The quantitative estimate of drug-likeness (QED) is 0.699. The van der Waals surface area contributed by atoms with E-state index < -0.39 is 5.54 Å². The summed E-state index contributed by atoms with van der Waals surface area (Å²) < 4.78 is 4.98. The Balaban J connectivity index is 2.79. The molecule has 0 radical (unpaired) electrons. The molecule has 0 fully saturated rings. The van der Waals surface area contributed by atoms with Crippen LogP contribution in [0.4, 0.5) is 0 Å². The van der Waals surface area contributed by atoms with Gasteiger partial charge in [0.2, 0.25) is 5.89 Å². The van der Waals surface area contributed by atoms with Crippen LogP contribution in [0.2, 0.25) is 0 Å². The predicted molar refractivity (Wildman–Crippen MR) is 46.9 cm³/mol. The van der Waals surface area contributed by atoms with E-state index >= 15 is 0 Å². The molecular formula is C8H15N3O2. The third-order valence-corrected chi connectivity index (χ3v) is 2.03. The van der Waals surface area contributed by atoms with Crippen molar-refractivity contribution >= 4 is 0 Å². The van der Waals surface area contributed by atoms with Crippen molar-refractivity contribution in [2.24, 2.45) is 5.73 Å². The molecule has 3 N–H and O–H groups in total. The zero-order valence-electron chi connectivity index (χ0n) is 7.95. The van der Waals surface area contributed by atoms with Crippen molar-refractivity contribution in [2.45, 2.75) is 32.2 Å². The van der Waals surface area contributed by atoms with Crippen LogP contribution in [0.25, 0.3) is 0 Å². The molecule has 0 saturated heterocycles. The van der Waals surface area contributed by atoms with Crippen LogP contribution in [0.3, 0.4) is 0 Å². The minimum absolute atomic E-state index is 0.0202. The molecule has 0 amide bonds. The number of hydrogen-bond donors (Lipinski definition) is 2. The summed E-state index contributed by atoms with van der Waals surface area (Å²) in [6.45, 7) is 3.81. The van der Waals surface area contributed by atoms with E-state index in [1.807, 2.05) is 13.8 Å². The molecule has 0 aliphatic rings. The largest absolute Gasteiger partial charge is 0.396 e. The van der Waals surface area contributed by atoms with Gasteiger partial charge in [0.1, 0.15) is 0 Å². The summed E-state index contributed by atoms with van der Waals surface area (Å²) in [6, 6.07) is 0. The van der Waals surface area contributed by atoms with E-state index in [1.54, 1.807) is 0 Å². The number of aliphatic hydroxyl groups excluding tert-OH is 1. The maximum Gasteiger partial charge on any atom is 0.246 e. The van der Waals surface area contributed by atoms with Crippen LogP contribution < -0.4 is 5.73 Å². The topological polar surface area (TPSA) is 85.2 Å². The molecule has 74 valence electrons. The van der Waals surface area contributed by atoms with Crippen molar-refractivity contribution in [1.82, 2.24) is 10.1 Å². The van der Waals surface area contributed by atoms with Gasteiger partial charge in [0.05, 0.1) is 12.1 Å². The lowest BCUT2D eigenvalue weighted by atomic mass is 10.0. The number of aliphatic hydroxyl groups is 1. The van der Waals surface area contributed by atoms with Crippen LogP contribution in [-0.2, 0) is 12.0 Å². The second-order valence-corrected chi connectivity index (χ2v) is 3.26. The van der Waals surface area contributed by atoms with E-state index in [2.05, 4.69) is 10.1 Å². The van der Waals surface area contributed by atoms with Gasteiger partial charge in [-0.2, -0.15) is 4.98 Å². The standard InChI is InChI=1S/C8H15N3O2/c1-3-8(2,9)7-10-6(4-5-12)11-13-7/h12H,3-5,9H2,1-2H3. The van der Waals surface area contributed by atoms with Gasteiger partial charge in [-0.05, 0) is 13.3 Å². The molecule has 5 heteroatoms. The third-order valence-electron chi connectivity index (χ3n) is 2.03. The van der Waals surface area contributed by atoms with E-state index in [-0.39, 0.29) is 6.61 Å². The van der Waals surface area contributed by atoms with Crippen LogP contribution in [0, 0.1) is 0 Å². The molecule has 1 heterocycles. The predicted octanol–water partition coefficient (Wildman–Crippen LogP) is 0.188. The van der Waals surface area contributed by atoms with E-state index in [0.29, 0.717) is 18.1 Å². The molecule has 5 nitrogen and oxygen atoms in total. The zero-order valence-corrected chi connectivity index (χ0v) is 7.95. The SMILES string of the molecule is CCC(C)(N)c1nc(CCO)no1. The summed E-state index contributed by atoms with van der Waals surface area (Å²) in [5.74, 6) is 0.932. The smallest absolute Gasteiger partial charge is 0.246 e. The van der Waals surface area contributed by atoms with Crippen molar-refractivity contribution in [3.05, 3.63) is 11.7 Å². The van der Waals surface area contributed by atoms with Gasteiger partial charge in [-0.3, -0.25) is 0 Å². The van der Waals surface area contributed by atoms with Crippen LogP contribution in [0.15, 0.2) is 4.52 Å². The first-order valence-corrected chi connectivity index (χ1v) is 4.33. The summed E-state index contributed by atoms with van der Waals surface area (Å²) in [5, 5.41) is 12.3. The molecule has 0 bridgehead atoms. The molecular weight excluding hydrogens is 170 g/mol. The fourth-order valence-electron chi connectivity index (χ4n) is 0.839. The van der Waals surface area contributed by atoms with Gasteiger partial charge >= 0.3 is 0 Å². The average Bonchev–Trinajstić information content (AvgIpc) is 2.54. The Hall–Kier alpha value is -0.940. The highest BCUT2D eigenvalue weighted by atomic mass is 16.5. The van der Waals surface area contributed by atoms with Crippen LogP contribution in [-0.4, -0.2) is 21.9 Å². The molecule has 1 aromatic rings. The normalized spacial score (nSPS) is 15.7. The van der Waals surface area contributed by atoms with Crippen molar-refractivity contribution in [3.63, 3.8) is 0 Å². The Morgan fingerprint density at radius 2 is 2.31 bits per heavy atom. The molecule has 0 aliphatic heterocycles. The summed E-state index contributed by atoms with van der Waals surface area (Å²) >= 11 is 0. The molecule has 1 aromatic heterocycles. The minimum atomic E-state index is -0.569. The minimum Gasteiger partial charge on any atom is -0.396 e. The third kappa shape index (κ3) is 2.26. The molecule has 0 saturated carbocycles. The maximum absolute atomic E-state index is 8.64. The molecule has 1 rings (SSSR count). The van der Waals surface area contributed by atoms with Crippen LogP contribution >= 0.6 is 0 Å². The number of rotatable bonds is 4. The summed E-state index contributed by atoms with van der Waals surface area (Å²) in [4.78, 5) is 4.08. The lowest BCUT2D eigenvalue weighted by Gasteiger charge is -2.16. The number of aromatic nitrogens is 2. The Kier molecular flexibility index (Phi) is 3.00. The summed E-state index contributed by atoms with van der Waals surface area (Å²) in [7, 11) is 0. The van der Waals surface area contributed by atoms with Gasteiger partial charge in [-0.1, -0.05) is 12.1 Å². The number of nitrogens with zero attached hydrogens (tertiary/aromatic N) is 2. The molecule has 0 aliphatic carbocycles. The fraction of sp³-hybridized carbons (Fsp3) is 0.750. The highest BCUT2D eigenvalue weighted by Gasteiger charge is 2.25. The van der Waals surface area contributed by atoms with E-state index in [1.165, 1.54) is 0 Å². The molecule has 1 atom stereocenters. The van der Waals surface area contributed by atoms with E-state index in [9.17, 15) is 0 Å². The number of nitrogens with two attached hydrogens (primary N) is 1. The molecule has 13 heavy (non-hydrogen) atoms. The van der Waals surface area contributed by atoms with E-state index in [0.717, 1.165) is 6.42 Å². The van der Waals surface area contributed by atoms with Gasteiger partial charge in [-0.15, -0.1) is 0 Å². The van der Waals surface area contributed by atoms with E-state index in [4.69, 9.17) is 15.4 Å². The lowest BCUT2D eigenvalue weighted by Crippen LogP contribution is -2.32. The first-order chi connectivity index (χ1) is 6.10. The Bertz CT molecular complexity index is 270. The Morgan fingerprint density at radius 1 is 1.62 bits per heavy atom. The molecule has 0 aromatic carbocycles. The monoisotopic (exact) mass is 185 g/mol. The lowest BCUT2D eigenvalue weighted by molar-refractivity contribution is 0.281. The Labute approximate surface area is 76.9 Å². The Morgan fingerprint density at radius 3 is 2.85 bits per heavy atom. The fourth-order valence-corrected chi connectivity index (χ4v) is 0.839. The highest BCUT2D eigenvalue weighted by Crippen LogP contribution is 2.18. The van der Waals surface area contributed by atoms with Crippen molar-refractivity contribution in [2.75, 3.05) is 6.61 Å². The molecule has 1 unspecified atom stereocenters. The van der Waals surface area contributed by atoms with Crippen molar-refractivity contribution in [1.29, 1.82) is 0 Å². The second kappa shape index (κ2) is 3.85. The zero-order chi connectivity index (χ0) is 9.90. The maximum atomic E-state index is 8.64. The van der Waals surface area contributed by atoms with Gasteiger partial charge in [0, 0.05) is 6.42 Å². The average molecular weight is 185 g/mol. The second-order valence-electron chi connectivity index (χ2n) is 3.26. The van der Waals surface area contributed by atoms with Crippen LogP contribution in [0.1, 0.15) is 32.0 Å². The summed E-state index contributed by atoms with van der Waals surface area (Å²) in [5.41, 5.74) is 5.32. The first-order valence-electron chi connectivity index (χ1n) is 4.33. The highest BCUT2D eigenvalue weighted by molar-refractivity contribution is 4.99.